The van der Waals surface area contributed by atoms with Gasteiger partial charge in [0.2, 0.25) is 5.78 Å². The van der Waals surface area contributed by atoms with Crippen LogP contribution in [0.1, 0.15) is 100 Å². The molecule has 5 heteroatoms. The summed E-state index contributed by atoms with van der Waals surface area (Å²) in [6.45, 7) is 18.8. The Bertz CT molecular complexity index is 1280. The van der Waals surface area contributed by atoms with E-state index in [0.717, 1.165) is 43.3 Å². The van der Waals surface area contributed by atoms with Crippen LogP contribution >= 0.6 is 0 Å². The van der Waals surface area contributed by atoms with E-state index in [-0.39, 0.29) is 56.5 Å². The van der Waals surface area contributed by atoms with Gasteiger partial charge in [0.05, 0.1) is 6.61 Å². The van der Waals surface area contributed by atoms with Gasteiger partial charge in [-0.25, -0.2) is 0 Å². The van der Waals surface area contributed by atoms with Crippen molar-refractivity contribution in [2.45, 2.75) is 106 Å². The predicted molar refractivity (Wildman–Crippen MR) is 164 cm³/mol. The first-order valence-electron chi connectivity index (χ1n) is 15.9. The van der Waals surface area contributed by atoms with Crippen LogP contribution in [0.25, 0.3) is 0 Å². The Hall–Kier alpha value is -2.14. The van der Waals surface area contributed by atoms with Gasteiger partial charge in [0, 0.05) is 16.4 Å². The Morgan fingerprint density at radius 2 is 1.68 bits per heavy atom. The molecule has 5 nitrogen and oxygen atoms in total. The van der Waals surface area contributed by atoms with Crippen LogP contribution < -0.4 is 0 Å². The smallest absolute Gasteiger partial charge is 0.323 e. The number of fused-ring (bicyclic) bond motifs is 7. The minimum atomic E-state index is -0.265. The van der Waals surface area contributed by atoms with Gasteiger partial charge in [0.25, 0.3) is 0 Å². The average Bonchev–Trinajstić information content (AvgIpc) is 2.89. The Morgan fingerprint density at radius 1 is 1.02 bits per heavy atom. The summed E-state index contributed by atoms with van der Waals surface area (Å²) in [4.78, 5) is 27.9. The van der Waals surface area contributed by atoms with Crippen LogP contribution in [0.2, 0.25) is 0 Å². The summed E-state index contributed by atoms with van der Waals surface area (Å²) in [5.41, 5.74) is 4.38. The van der Waals surface area contributed by atoms with Gasteiger partial charge in [-0.3, -0.25) is 14.5 Å². The van der Waals surface area contributed by atoms with Crippen LogP contribution in [0.15, 0.2) is 46.3 Å². The van der Waals surface area contributed by atoms with E-state index in [4.69, 9.17) is 4.74 Å². The Labute approximate surface area is 248 Å². The Balaban J connectivity index is 1.47. The molecule has 226 valence electrons. The Morgan fingerprint density at radius 3 is 2.32 bits per heavy atom. The molecule has 0 spiro atoms. The van der Waals surface area contributed by atoms with Crippen LogP contribution in [-0.4, -0.2) is 48.5 Å². The highest BCUT2D eigenvalue weighted by molar-refractivity contribution is 6.06. The molecular weight excluding hydrogens is 510 g/mol. The molecule has 0 bridgehead atoms. The van der Waals surface area contributed by atoms with Crippen LogP contribution in [0.3, 0.4) is 0 Å². The van der Waals surface area contributed by atoms with Crippen LogP contribution in [-0.2, 0) is 14.3 Å². The summed E-state index contributed by atoms with van der Waals surface area (Å²) in [5, 5.41) is 10.4. The van der Waals surface area contributed by atoms with Crippen molar-refractivity contribution in [1.82, 2.24) is 4.90 Å². The number of hydrogen-bond acceptors (Lipinski definition) is 5. The van der Waals surface area contributed by atoms with Crippen molar-refractivity contribution >= 4 is 11.8 Å². The number of allylic oxidation sites excluding steroid dienone is 7. The van der Waals surface area contributed by atoms with E-state index in [1.807, 2.05) is 25.9 Å². The number of ether oxygens (including phenoxy) is 1. The quantitative estimate of drug-likeness (QED) is 0.347. The second-order valence-corrected chi connectivity index (χ2v) is 16.1. The Kier molecular flexibility index (Phi) is 7.17. The molecule has 0 aromatic carbocycles. The van der Waals surface area contributed by atoms with Gasteiger partial charge in [0.1, 0.15) is 6.04 Å². The number of nitrogens with zero attached hydrogens (tertiary/aromatic N) is 1. The molecule has 0 amide bonds. The predicted octanol–water partition coefficient (Wildman–Crippen LogP) is 7.74. The molecule has 3 fully saturated rings. The number of likely N-dealkylation sites (N-methyl/N-ethyl adjacent to an activating group) is 1. The van der Waals surface area contributed by atoms with E-state index in [0.29, 0.717) is 18.1 Å². The lowest BCUT2D eigenvalue weighted by Crippen LogP contribution is -2.62. The molecule has 7 atom stereocenters. The zero-order valence-corrected chi connectivity index (χ0v) is 27.2. The SMILES string of the molecule is CC1=C(O)C(=O)C=C2C1=CC=C1[C@@]2(C)CC[C@@]2(C)[C@@H]3C[C@](C)(COC(=O)C(C(C)C)N(C)C)CC[C@]3(C)CC[C@]12C. The second kappa shape index (κ2) is 9.69. The van der Waals surface area contributed by atoms with Gasteiger partial charge in [0.15, 0.2) is 5.76 Å². The summed E-state index contributed by atoms with van der Waals surface area (Å²) in [6.07, 6.45) is 14.0. The van der Waals surface area contributed by atoms with E-state index >= 15 is 0 Å². The van der Waals surface area contributed by atoms with Crippen LogP contribution in [0.5, 0.6) is 0 Å². The first kappa shape index (κ1) is 30.3. The normalized spacial score (nSPS) is 41.0. The van der Waals surface area contributed by atoms with Gasteiger partial charge >= 0.3 is 5.97 Å². The highest BCUT2D eigenvalue weighted by Gasteiger charge is 2.66. The zero-order valence-electron chi connectivity index (χ0n) is 27.2. The number of carbonyl (C=O) groups excluding carboxylic acids is 2. The average molecular weight is 564 g/mol. The number of aliphatic hydroxyl groups is 1. The van der Waals surface area contributed by atoms with E-state index in [1.165, 1.54) is 18.4 Å². The number of carbonyl (C=O) groups is 2. The monoisotopic (exact) mass is 563 g/mol. The molecule has 0 radical (unpaired) electrons. The number of aliphatic hydroxyl groups excluding tert-OH is 1. The molecule has 0 aromatic rings. The minimum absolute atomic E-state index is 0.00417. The topological polar surface area (TPSA) is 66.8 Å². The fourth-order valence-electron chi connectivity index (χ4n) is 10.1. The van der Waals surface area contributed by atoms with Crippen molar-refractivity contribution in [2.75, 3.05) is 20.7 Å². The fraction of sp³-hybridized carbons (Fsp3) is 0.722. The first-order valence-corrected chi connectivity index (χ1v) is 15.9. The number of hydrogen-bond donors (Lipinski definition) is 1. The number of rotatable bonds is 5. The number of esters is 1. The van der Waals surface area contributed by atoms with E-state index in [1.54, 1.807) is 6.08 Å². The van der Waals surface area contributed by atoms with E-state index in [2.05, 4.69) is 60.6 Å². The summed E-state index contributed by atoms with van der Waals surface area (Å²) in [5.74, 6) is 0.231. The third kappa shape index (κ3) is 4.34. The van der Waals surface area contributed by atoms with Gasteiger partial charge < -0.3 is 9.84 Å². The maximum Gasteiger partial charge on any atom is 0.323 e. The van der Waals surface area contributed by atoms with E-state index < -0.39 is 0 Å². The third-order valence-electron chi connectivity index (χ3n) is 13.0. The second-order valence-electron chi connectivity index (χ2n) is 16.1. The summed E-state index contributed by atoms with van der Waals surface area (Å²) in [7, 11) is 3.91. The van der Waals surface area contributed by atoms with Gasteiger partial charge in [-0.15, -0.1) is 0 Å². The lowest BCUT2D eigenvalue weighted by atomic mass is 9.34. The van der Waals surface area contributed by atoms with Crippen molar-refractivity contribution in [3.63, 3.8) is 0 Å². The maximum absolute atomic E-state index is 13.1. The zero-order chi connectivity index (χ0) is 30.3. The molecule has 1 unspecified atom stereocenters. The van der Waals surface area contributed by atoms with Crippen molar-refractivity contribution < 1.29 is 19.4 Å². The molecule has 0 saturated heterocycles. The molecule has 0 aliphatic heterocycles. The van der Waals surface area contributed by atoms with Gasteiger partial charge in [-0.05, 0) is 111 Å². The van der Waals surface area contributed by atoms with Crippen LogP contribution in [0.4, 0.5) is 0 Å². The summed E-state index contributed by atoms with van der Waals surface area (Å²) in [6, 6.07) is -0.225. The van der Waals surface area contributed by atoms with Gasteiger partial charge in [-0.2, -0.15) is 0 Å². The van der Waals surface area contributed by atoms with Crippen molar-refractivity contribution in [3.8, 4) is 0 Å². The molecule has 41 heavy (non-hydrogen) atoms. The molecule has 0 aromatic heterocycles. The minimum Gasteiger partial charge on any atom is -0.504 e. The van der Waals surface area contributed by atoms with E-state index in [9.17, 15) is 14.7 Å². The molecule has 5 rings (SSSR count). The highest BCUT2D eigenvalue weighted by atomic mass is 16.5. The summed E-state index contributed by atoms with van der Waals surface area (Å²) < 4.78 is 6.10. The molecule has 1 N–H and O–H groups in total. The standard InChI is InChI=1S/C36H53NO4/c1-22(2)29(37(9)10)31(40)41-21-32(4)13-14-33(5)15-17-35(7)27-12-11-24-23(3)30(39)26(38)19-25(24)34(27,6)16-18-36(35,8)28(33)20-32/h11-12,19,22,28-29,39H,13-18,20-21H2,1-10H3/t28-,29?,32-,33-,34+,35-,36+/m1/s1. The van der Waals surface area contributed by atoms with Crippen molar-refractivity contribution in [1.29, 1.82) is 0 Å². The maximum atomic E-state index is 13.1. The molecule has 5 aliphatic rings. The third-order valence-corrected chi connectivity index (χ3v) is 13.0. The molecule has 3 saturated carbocycles. The number of ketones is 1. The van der Waals surface area contributed by atoms with Gasteiger partial charge in [-0.1, -0.05) is 66.2 Å². The first-order chi connectivity index (χ1) is 18.9. The lowest BCUT2D eigenvalue weighted by Gasteiger charge is -2.70. The highest BCUT2D eigenvalue weighted by Crippen LogP contribution is 2.75. The molecule has 5 aliphatic carbocycles. The molecule has 0 heterocycles. The van der Waals surface area contributed by atoms with Crippen molar-refractivity contribution in [2.24, 2.45) is 38.9 Å². The fourth-order valence-corrected chi connectivity index (χ4v) is 10.1. The largest absolute Gasteiger partial charge is 0.504 e. The van der Waals surface area contributed by atoms with Crippen molar-refractivity contribution in [3.05, 3.63) is 46.3 Å². The van der Waals surface area contributed by atoms with Crippen LogP contribution in [0, 0.1) is 38.9 Å². The lowest BCUT2D eigenvalue weighted by molar-refractivity contribution is -0.175. The molecular formula is C36H53NO4. The summed E-state index contributed by atoms with van der Waals surface area (Å²) >= 11 is 0.